The molecule has 0 aliphatic rings. The molecule has 0 saturated heterocycles. The maximum atomic E-state index is 9.58. The van der Waals surface area contributed by atoms with Gasteiger partial charge in [-0.25, -0.2) is 4.98 Å². The molecule has 0 spiro atoms. The lowest BCUT2D eigenvalue weighted by Gasteiger charge is -2.23. The molecule has 188 valence electrons. The molecule has 4 aromatic rings. The molecule has 0 aliphatic carbocycles. The number of nitrogens with zero attached hydrogens (tertiary/aromatic N) is 3. The van der Waals surface area contributed by atoms with Crippen LogP contribution < -0.4 is 0 Å². The number of benzene rings is 3. The van der Waals surface area contributed by atoms with Crippen LogP contribution in [0, 0.1) is 32.1 Å². The summed E-state index contributed by atoms with van der Waals surface area (Å²) in [7, 11) is 0. The third kappa shape index (κ3) is 5.49. The van der Waals surface area contributed by atoms with Gasteiger partial charge in [-0.05, 0) is 78.6 Å². The van der Waals surface area contributed by atoms with Gasteiger partial charge in [0.15, 0.2) is 0 Å². The molecule has 3 aromatic carbocycles. The summed E-state index contributed by atoms with van der Waals surface area (Å²) in [6.45, 7) is 19.7. The topological polar surface area (TPSA) is 49.6 Å². The van der Waals surface area contributed by atoms with E-state index in [4.69, 9.17) is 9.97 Å². The van der Waals surface area contributed by atoms with Crippen LogP contribution in [0.15, 0.2) is 60.8 Å². The summed E-state index contributed by atoms with van der Waals surface area (Å²) in [5, 5.41) is 9.58. The summed E-state index contributed by atoms with van der Waals surface area (Å²) >= 11 is 0. The maximum Gasteiger partial charge on any atom is 0.0994 e. The highest BCUT2D eigenvalue weighted by atomic mass is 14.8. The van der Waals surface area contributed by atoms with Crippen molar-refractivity contribution in [2.24, 2.45) is 0 Å². The maximum absolute atomic E-state index is 9.58. The number of aryl methyl sites for hydroxylation is 2. The first kappa shape index (κ1) is 26.3. The van der Waals surface area contributed by atoms with Gasteiger partial charge in [-0.2, -0.15) is 5.26 Å². The Bertz CT molecular complexity index is 1520. The zero-order valence-electron chi connectivity index (χ0n) is 23.6. The summed E-state index contributed by atoms with van der Waals surface area (Å²) in [4.78, 5) is 10.3. The number of aromatic nitrogens is 2. The first-order valence-corrected chi connectivity index (χ1v) is 12.9. The molecule has 1 heterocycles. The van der Waals surface area contributed by atoms with E-state index in [-0.39, 0.29) is 10.8 Å². The number of hydrogen-bond donors (Lipinski definition) is 0. The van der Waals surface area contributed by atoms with Gasteiger partial charge in [-0.3, -0.25) is 4.98 Å². The Morgan fingerprint density at radius 1 is 0.703 bits per heavy atom. The van der Waals surface area contributed by atoms with Crippen LogP contribution in [0.25, 0.3) is 33.8 Å². The van der Waals surface area contributed by atoms with Gasteiger partial charge in [-0.15, -0.1) is 0 Å². The van der Waals surface area contributed by atoms with Crippen molar-refractivity contribution in [3.05, 3.63) is 94.2 Å². The lowest BCUT2D eigenvalue weighted by Crippen LogP contribution is -2.12. The molecule has 0 amide bonds. The van der Waals surface area contributed by atoms with Crippen molar-refractivity contribution in [2.75, 3.05) is 0 Å². The minimum absolute atomic E-state index is 0.00638. The number of hydrogen-bond acceptors (Lipinski definition) is 3. The number of rotatable bonds is 3. The Balaban J connectivity index is 2.04. The quantitative estimate of drug-likeness (QED) is 0.290. The molecule has 0 aliphatic heterocycles. The van der Waals surface area contributed by atoms with E-state index in [1.165, 1.54) is 22.3 Å². The Hall–Kier alpha value is -3.77. The Kier molecular flexibility index (Phi) is 6.82. The molecule has 0 N–H and O–H groups in total. The van der Waals surface area contributed by atoms with Gasteiger partial charge in [0, 0.05) is 16.7 Å². The van der Waals surface area contributed by atoms with Crippen LogP contribution in [0.5, 0.6) is 0 Å². The Labute approximate surface area is 222 Å². The minimum atomic E-state index is 0.00638. The van der Waals surface area contributed by atoms with E-state index >= 15 is 0 Å². The van der Waals surface area contributed by atoms with Gasteiger partial charge in [0.1, 0.15) is 0 Å². The minimum Gasteiger partial charge on any atom is -0.252 e. The van der Waals surface area contributed by atoms with Crippen LogP contribution in [0.3, 0.4) is 0 Å². The molecular weight excluding hydrogens is 450 g/mol. The monoisotopic (exact) mass is 487 g/mol. The van der Waals surface area contributed by atoms with Crippen LogP contribution in [0.2, 0.25) is 0 Å². The fraction of sp³-hybridized carbons (Fsp3) is 0.324. The summed E-state index contributed by atoms with van der Waals surface area (Å²) < 4.78 is 0. The lowest BCUT2D eigenvalue weighted by atomic mass is 9.83. The van der Waals surface area contributed by atoms with Crippen molar-refractivity contribution in [2.45, 2.75) is 73.1 Å². The van der Waals surface area contributed by atoms with Crippen LogP contribution >= 0.6 is 0 Å². The van der Waals surface area contributed by atoms with Crippen LogP contribution in [0.4, 0.5) is 0 Å². The Morgan fingerprint density at radius 2 is 1.24 bits per heavy atom. The fourth-order valence-electron chi connectivity index (χ4n) is 4.67. The van der Waals surface area contributed by atoms with E-state index in [0.29, 0.717) is 5.56 Å². The van der Waals surface area contributed by atoms with E-state index in [1.807, 2.05) is 31.3 Å². The molecule has 1 aromatic heterocycles. The largest absolute Gasteiger partial charge is 0.252 e. The normalized spacial score (nSPS) is 11.9. The van der Waals surface area contributed by atoms with Gasteiger partial charge in [0.2, 0.25) is 0 Å². The molecule has 3 heteroatoms. The zero-order chi connectivity index (χ0) is 27.1. The predicted molar refractivity (Wildman–Crippen MR) is 155 cm³/mol. The summed E-state index contributed by atoms with van der Waals surface area (Å²) in [5.74, 6) is 0. The summed E-state index contributed by atoms with van der Waals surface area (Å²) in [6.07, 6.45) is 1.85. The third-order valence-electron chi connectivity index (χ3n) is 6.94. The van der Waals surface area contributed by atoms with Crippen molar-refractivity contribution in [3.63, 3.8) is 0 Å². The highest BCUT2D eigenvalue weighted by molar-refractivity contribution is 5.81. The molecule has 0 unspecified atom stereocenters. The SMILES string of the molecule is Cc1cc(-c2ncc(-c3cccc(C#N)c3C)nc2-c2cc(C)cc(C(C)(C)C)c2)cc(C(C)(C)C)c1. The van der Waals surface area contributed by atoms with Gasteiger partial charge < -0.3 is 0 Å². The molecule has 0 saturated carbocycles. The molecular formula is C34H37N3. The molecule has 0 bridgehead atoms. The second-order valence-electron chi connectivity index (χ2n) is 12.2. The molecule has 0 radical (unpaired) electrons. The van der Waals surface area contributed by atoms with Gasteiger partial charge in [-0.1, -0.05) is 76.9 Å². The molecule has 37 heavy (non-hydrogen) atoms. The fourth-order valence-corrected chi connectivity index (χ4v) is 4.67. The molecule has 0 fully saturated rings. The van der Waals surface area contributed by atoms with Crippen molar-refractivity contribution < 1.29 is 0 Å². The van der Waals surface area contributed by atoms with Gasteiger partial charge in [0.05, 0.1) is 34.9 Å². The zero-order valence-corrected chi connectivity index (χ0v) is 23.6. The second-order valence-corrected chi connectivity index (χ2v) is 12.2. The van der Waals surface area contributed by atoms with Gasteiger partial charge >= 0.3 is 0 Å². The first-order valence-electron chi connectivity index (χ1n) is 12.9. The van der Waals surface area contributed by atoms with Crippen molar-refractivity contribution >= 4 is 0 Å². The predicted octanol–water partition coefficient (Wildman–Crippen LogP) is 8.87. The average Bonchev–Trinajstić information content (AvgIpc) is 2.82. The second kappa shape index (κ2) is 9.60. The highest BCUT2D eigenvalue weighted by Gasteiger charge is 2.21. The van der Waals surface area contributed by atoms with Crippen LogP contribution in [-0.4, -0.2) is 9.97 Å². The van der Waals surface area contributed by atoms with E-state index < -0.39 is 0 Å². The summed E-state index contributed by atoms with van der Waals surface area (Å²) in [5.41, 5.74) is 12.1. The van der Waals surface area contributed by atoms with E-state index in [1.54, 1.807) is 0 Å². The average molecular weight is 488 g/mol. The first-order chi connectivity index (χ1) is 17.3. The van der Waals surface area contributed by atoms with E-state index in [0.717, 1.165) is 39.3 Å². The third-order valence-corrected chi connectivity index (χ3v) is 6.94. The van der Waals surface area contributed by atoms with Crippen LogP contribution in [0.1, 0.15) is 74.9 Å². The van der Waals surface area contributed by atoms with E-state index in [9.17, 15) is 5.26 Å². The number of nitriles is 1. The van der Waals surface area contributed by atoms with Crippen molar-refractivity contribution in [3.8, 4) is 39.8 Å². The van der Waals surface area contributed by atoms with E-state index in [2.05, 4.69) is 97.9 Å². The van der Waals surface area contributed by atoms with Crippen molar-refractivity contribution in [1.82, 2.24) is 9.97 Å². The molecule has 4 rings (SSSR count). The van der Waals surface area contributed by atoms with Gasteiger partial charge in [0.25, 0.3) is 0 Å². The van der Waals surface area contributed by atoms with Crippen molar-refractivity contribution in [1.29, 1.82) is 5.26 Å². The lowest BCUT2D eigenvalue weighted by molar-refractivity contribution is 0.589. The highest BCUT2D eigenvalue weighted by Crippen LogP contribution is 2.37. The van der Waals surface area contributed by atoms with Crippen LogP contribution in [-0.2, 0) is 10.8 Å². The molecule has 3 nitrogen and oxygen atoms in total. The molecule has 0 atom stereocenters. The Morgan fingerprint density at radius 3 is 1.76 bits per heavy atom. The summed E-state index contributed by atoms with van der Waals surface area (Å²) in [6, 6.07) is 21.5. The standard InChI is InChI=1S/C34H37N3/c1-21-13-25(17-27(15-21)33(4,5)6)31-32(26-14-22(2)16-28(18-26)34(7,8)9)37-30(20-36-31)29-12-10-11-24(19-35)23(29)3/h10-18,20H,1-9H3. The smallest absolute Gasteiger partial charge is 0.0994 e.